The van der Waals surface area contributed by atoms with Gasteiger partial charge >= 0.3 is 0 Å². The first-order valence-electron chi connectivity index (χ1n) is 8.24. The topological polar surface area (TPSA) is 75.7 Å². The first kappa shape index (κ1) is 19.4. The Morgan fingerprint density at radius 3 is 2.44 bits per heavy atom. The highest BCUT2D eigenvalue weighted by molar-refractivity contribution is 7.89. The van der Waals surface area contributed by atoms with Crippen molar-refractivity contribution in [3.63, 3.8) is 0 Å². The van der Waals surface area contributed by atoms with E-state index in [1.54, 1.807) is 13.0 Å². The summed E-state index contributed by atoms with van der Waals surface area (Å²) in [4.78, 5) is 12.4. The first-order valence-corrected chi connectivity index (χ1v) is 9.68. The summed E-state index contributed by atoms with van der Waals surface area (Å²) in [7, 11) is -3.72. The largest absolute Gasteiger partial charge is 0.379 e. The van der Waals surface area contributed by atoms with E-state index in [0.29, 0.717) is 18.8 Å². The van der Waals surface area contributed by atoms with Crippen LogP contribution in [0.4, 0.5) is 14.5 Å². The number of carbonyl (C=O) groups excluding carboxylic acids is 1. The number of nitrogens with zero attached hydrogens (tertiary/aromatic N) is 1. The summed E-state index contributed by atoms with van der Waals surface area (Å²) in [5, 5.41) is 2.55. The van der Waals surface area contributed by atoms with Crippen LogP contribution in [-0.2, 0) is 14.8 Å². The molecule has 6 nitrogen and oxygen atoms in total. The minimum atomic E-state index is -3.72. The van der Waals surface area contributed by atoms with Crippen LogP contribution in [0.2, 0.25) is 0 Å². The molecule has 0 aromatic heterocycles. The molecule has 0 bridgehead atoms. The molecular formula is C18H18F2N2O4S. The highest BCUT2D eigenvalue weighted by Crippen LogP contribution is 2.24. The van der Waals surface area contributed by atoms with Gasteiger partial charge in [0.15, 0.2) is 11.6 Å². The van der Waals surface area contributed by atoms with Crippen molar-refractivity contribution < 1.29 is 26.7 Å². The van der Waals surface area contributed by atoms with Gasteiger partial charge < -0.3 is 10.1 Å². The molecule has 144 valence electrons. The van der Waals surface area contributed by atoms with Crippen molar-refractivity contribution in [3.05, 3.63) is 59.2 Å². The minimum Gasteiger partial charge on any atom is -0.379 e. The number of morpholine rings is 1. The van der Waals surface area contributed by atoms with Crippen molar-refractivity contribution in [3.8, 4) is 0 Å². The average Bonchev–Trinajstić information content (AvgIpc) is 2.66. The lowest BCUT2D eigenvalue weighted by atomic mass is 10.1. The Morgan fingerprint density at radius 2 is 1.78 bits per heavy atom. The molecule has 2 aromatic rings. The van der Waals surface area contributed by atoms with Gasteiger partial charge in [0, 0.05) is 24.3 Å². The van der Waals surface area contributed by atoms with Crippen LogP contribution in [0.5, 0.6) is 0 Å². The van der Waals surface area contributed by atoms with Crippen molar-refractivity contribution in [2.24, 2.45) is 0 Å². The number of benzene rings is 2. The second-order valence-electron chi connectivity index (χ2n) is 6.08. The molecule has 27 heavy (non-hydrogen) atoms. The van der Waals surface area contributed by atoms with Gasteiger partial charge in [-0.25, -0.2) is 17.2 Å². The fraction of sp³-hybridized carbons (Fsp3) is 0.278. The van der Waals surface area contributed by atoms with E-state index in [4.69, 9.17) is 4.74 Å². The van der Waals surface area contributed by atoms with E-state index in [1.165, 1.54) is 16.4 Å². The van der Waals surface area contributed by atoms with Crippen LogP contribution >= 0.6 is 0 Å². The molecule has 2 aromatic carbocycles. The van der Waals surface area contributed by atoms with Gasteiger partial charge in [-0.15, -0.1) is 0 Å². The molecule has 0 aliphatic carbocycles. The number of anilines is 1. The molecule has 3 rings (SSSR count). The van der Waals surface area contributed by atoms with Crippen LogP contribution in [0.15, 0.2) is 41.3 Å². The van der Waals surface area contributed by atoms with Gasteiger partial charge in [0.05, 0.1) is 18.1 Å². The number of nitrogens with one attached hydrogen (secondary N) is 1. The predicted octanol–water partition coefficient (Wildman–Crippen LogP) is 2.55. The Kier molecular flexibility index (Phi) is 5.54. The Balaban J connectivity index is 1.87. The molecule has 1 heterocycles. The van der Waals surface area contributed by atoms with E-state index >= 15 is 0 Å². The molecular weight excluding hydrogens is 378 g/mol. The lowest BCUT2D eigenvalue weighted by Gasteiger charge is -2.26. The summed E-state index contributed by atoms with van der Waals surface area (Å²) in [6.07, 6.45) is 0. The molecule has 9 heteroatoms. The summed E-state index contributed by atoms with van der Waals surface area (Å²) in [5.41, 5.74) is 0.834. The number of hydrogen-bond donors (Lipinski definition) is 1. The van der Waals surface area contributed by atoms with Gasteiger partial charge in [0.2, 0.25) is 10.0 Å². The smallest absolute Gasteiger partial charge is 0.255 e. The normalized spacial score (nSPS) is 15.5. The minimum absolute atomic E-state index is 0.0376. The maximum absolute atomic E-state index is 13.3. The maximum Gasteiger partial charge on any atom is 0.255 e. The van der Waals surface area contributed by atoms with Gasteiger partial charge in [0.25, 0.3) is 5.91 Å². The van der Waals surface area contributed by atoms with Crippen molar-refractivity contribution in [2.45, 2.75) is 11.8 Å². The van der Waals surface area contributed by atoms with E-state index in [2.05, 4.69) is 5.32 Å². The predicted molar refractivity (Wildman–Crippen MR) is 95.1 cm³/mol. The van der Waals surface area contributed by atoms with E-state index in [1.807, 2.05) is 0 Å². The number of amides is 1. The van der Waals surface area contributed by atoms with E-state index in [0.717, 1.165) is 18.2 Å². The maximum atomic E-state index is 13.3. The zero-order valence-corrected chi connectivity index (χ0v) is 15.4. The number of rotatable bonds is 4. The first-order chi connectivity index (χ1) is 12.8. The molecule has 0 spiro atoms. The molecule has 1 saturated heterocycles. The van der Waals surface area contributed by atoms with Crippen molar-refractivity contribution in [2.75, 3.05) is 31.6 Å². The van der Waals surface area contributed by atoms with Crippen LogP contribution in [-0.4, -0.2) is 44.9 Å². The van der Waals surface area contributed by atoms with Crippen molar-refractivity contribution >= 4 is 21.6 Å². The lowest BCUT2D eigenvalue weighted by molar-refractivity contribution is 0.0730. The zero-order chi connectivity index (χ0) is 19.6. The van der Waals surface area contributed by atoms with Crippen molar-refractivity contribution in [1.29, 1.82) is 0 Å². The number of aryl methyl sites for hydroxylation is 1. The number of halogens is 2. The molecule has 1 fully saturated rings. The molecule has 0 saturated carbocycles. The second-order valence-corrected chi connectivity index (χ2v) is 8.01. The van der Waals surface area contributed by atoms with Gasteiger partial charge in [-0.3, -0.25) is 4.79 Å². The molecule has 1 amide bonds. The third-order valence-electron chi connectivity index (χ3n) is 4.25. The summed E-state index contributed by atoms with van der Waals surface area (Å²) >= 11 is 0. The molecule has 0 unspecified atom stereocenters. The molecule has 0 atom stereocenters. The fourth-order valence-electron chi connectivity index (χ4n) is 2.66. The van der Waals surface area contributed by atoms with E-state index in [-0.39, 0.29) is 29.2 Å². The molecule has 1 aliphatic heterocycles. The van der Waals surface area contributed by atoms with Gasteiger partial charge in [0.1, 0.15) is 0 Å². The zero-order valence-electron chi connectivity index (χ0n) is 14.5. The van der Waals surface area contributed by atoms with Crippen LogP contribution in [0.1, 0.15) is 15.9 Å². The molecule has 1 N–H and O–H groups in total. The van der Waals surface area contributed by atoms with E-state index in [9.17, 15) is 22.0 Å². The van der Waals surface area contributed by atoms with Gasteiger partial charge in [-0.1, -0.05) is 6.07 Å². The summed E-state index contributed by atoms with van der Waals surface area (Å²) in [6.45, 7) is 2.86. The summed E-state index contributed by atoms with van der Waals surface area (Å²) < 4.78 is 58.4. The quantitative estimate of drug-likeness (QED) is 0.862. The van der Waals surface area contributed by atoms with Crippen LogP contribution < -0.4 is 5.32 Å². The lowest BCUT2D eigenvalue weighted by Crippen LogP contribution is -2.40. The fourth-order valence-corrected chi connectivity index (χ4v) is 4.10. The Morgan fingerprint density at radius 1 is 1.07 bits per heavy atom. The number of sulfonamides is 1. The average molecular weight is 396 g/mol. The number of hydrogen-bond acceptors (Lipinski definition) is 4. The van der Waals surface area contributed by atoms with E-state index < -0.39 is 27.6 Å². The molecule has 0 radical (unpaired) electrons. The number of carbonyl (C=O) groups is 1. The third kappa shape index (κ3) is 4.15. The SMILES string of the molecule is Cc1ccc(S(=O)(=O)N2CCOCC2)cc1NC(=O)c1ccc(F)c(F)c1. The Bertz CT molecular complexity index is 973. The summed E-state index contributed by atoms with van der Waals surface area (Å²) in [6, 6.07) is 7.20. The van der Waals surface area contributed by atoms with Crippen LogP contribution in [0, 0.1) is 18.6 Å². The number of ether oxygens (including phenoxy) is 1. The molecule has 1 aliphatic rings. The highest BCUT2D eigenvalue weighted by atomic mass is 32.2. The van der Waals surface area contributed by atoms with Crippen LogP contribution in [0.3, 0.4) is 0 Å². The third-order valence-corrected chi connectivity index (χ3v) is 6.14. The van der Waals surface area contributed by atoms with Gasteiger partial charge in [-0.05, 0) is 42.8 Å². The summed E-state index contributed by atoms with van der Waals surface area (Å²) in [5.74, 6) is -2.86. The highest BCUT2D eigenvalue weighted by Gasteiger charge is 2.27. The Labute approximate surface area is 155 Å². The standard InChI is InChI=1S/C18H18F2N2O4S/c1-12-2-4-14(27(24,25)22-6-8-26-9-7-22)11-17(12)21-18(23)13-3-5-15(19)16(20)10-13/h2-5,10-11H,6-9H2,1H3,(H,21,23). The monoisotopic (exact) mass is 396 g/mol. The van der Waals surface area contributed by atoms with Crippen molar-refractivity contribution in [1.82, 2.24) is 4.31 Å². The van der Waals surface area contributed by atoms with Gasteiger partial charge in [-0.2, -0.15) is 4.31 Å². The Hall–Kier alpha value is -2.36. The van der Waals surface area contributed by atoms with Crippen LogP contribution in [0.25, 0.3) is 0 Å². The second kappa shape index (κ2) is 7.71.